The highest BCUT2D eigenvalue weighted by molar-refractivity contribution is 14.1. The molecule has 0 aliphatic heterocycles. The minimum absolute atomic E-state index is 0.792. The third kappa shape index (κ3) is 1.73. The number of anilines is 1. The second kappa shape index (κ2) is 3.84. The Morgan fingerprint density at radius 2 is 2.13 bits per heavy atom. The molecular weight excluding hydrogens is 303 g/mol. The predicted octanol–water partition coefficient (Wildman–Crippen LogP) is 2.74. The van der Waals surface area contributed by atoms with Gasteiger partial charge in [-0.1, -0.05) is 0 Å². The lowest BCUT2D eigenvalue weighted by molar-refractivity contribution is 0.415. The molecular formula is C11H11IN2O. The molecule has 3 nitrogen and oxygen atoms in total. The van der Waals surface area contributed by atoms with E-state index in [9.17, 15) is 0 Å². The zero-order valence-electron chi connectivity index (χ0n) is 8.54. The van der Waals surface area contributed by atoms with Gasteiger partial charge in [-0.2, -0.15) is 0 Å². The molecule has 0 saturated heterocycles. The smallest absolute Gasteiger partial charge is 0.121 e. The Bertz CT molecular complexity index is 525. The normalized spacial score (nSPS) is 10.6. The molecule has 0 fully saturated rings. The number of pyridine rings is 1. The third-order valence-corrected chi connectivity index (χ3v) is 3.70. The number of nitrogens with zero attached hydrogens (tertiary/aromatic N) is 1. The van der Waals surface area contributed by atoms with Gasteiger partial charge < -0.3 is 10.5 Å². The summed E-state index contributed by atoms with van der Waals surface area (Å²) in [7, 11) is 1.64. The number of fused-ring (bicyclic) bond motifs is 1. The Balaban J connectivity index is 2.80. The molecule has 0 spiro atoms. The van der Waals surface area contributed by atoms with Gasteiger partial charge >= 0.3 is 0 Å². The molecule has 2 N–H and O–H groups in total. The van der Waals surface area contributed by atoms with E-state index < -0.39 is 0 Å². The maximum atomic E-state index is 6.02. The van der Waals surface area contributed by atoms with Gasteiger partial charge in [-0.3, -0.25) is 4.98 Å². The van der Waals surface area contributed by atoms with E-state index in [2.05, 4.69) is 27.6 Å². The highest BCUT2D eigenvalue weighted by atomic mass is 127. The van der Waals surface area contributed by atoms with Crippen LogP contribution in [0.2, 0.25) is 0 Å². The van der Waals surface area contributed by atoms with Gasteiger partial charge in [0.15, 0.2) is 0 Å². The number of methoxy groups -OCH3 is 1. The van der Waals surface area contributed by atoms with Gasteiger partial charge in [-0.25, -0.2) is 0 Å². The Labute approximate surface area is 102 Å². The SMILES string of the molecule is COc1ccc2c(N)c(I)c(C)nc2c1. The van der Waals surface area contributed by atoms with Crippen LogP contribution in [0.1, 0.15) is 5.69 Å². The topological polar surface area (TPSA) is 48.1 Å². The van der Waals surface area contributed by atoms with Crippen LogP contribution < -0.4 is 10.5 Å². The zero-order chi connectivity index (χ0) is 11.0. The molecule has 0 aliphatic rings. The Kier molecular flexibility index (Phi) is 2.68. The molecule has 4 heteroatoms. The van der Waals surface area contributed by atoms with E-state index in [0.717, 1.165) is 31.6 Å². The summed E-state index contributed by atoms with van der Waals surface area (Å²) >= 11 is 2.22. The number of nitrogens with two attached hydrogens (primary N) is 1. The lowest BCUT2D eigenvalue weighted by Gasteiger charge is -2.08. The van der Waals surface area contributed by atoms with Crippen LogP contribution in [0.3, 0.4) is 0 Å². The van der Waals surface area contributed by atoms with E-state index in [0.29, 0.717) is 0 Å². The molecule has 1 aromatic heterocycles. The Hall–Kier alpha value is -1.04. The zero-order valence-corrected chi connectivity index (χ0v) is 10.7. The fourth-order valence-corrected chi connectivity index (χ4v) is 1.91. The first-order valence-electron chi connectivity index (χ1n) is 4.53. The van der Waals surface area contributed by atoms with Crippen LogP contribution in [-0.4, -0.2) is 12.1 Å². The molecule has 1 aromatic carbocycles. The summed E-state index contributed by atoms with van der Waals surface area (Å²) < 4.78 is 6.17. The standard InChI is InChI=1S/C11H11IN2O/c1-6-10(12)11(13)8-4-3-7(15-2)5-9(8)14-6/h3-5H,1-2H3,(H2,13,14). The number of rotatable bonds is 1. The average molecular weight is 314 g/mol. The van der Waals surface area contributed by atoms with Crippen LogP contribution in [-0.2, 0) is 0 Å². The predicted molar refractivity (Wildman–Crippen MR) is 70.2 cm³/mol. The maximum Gasteiger partial charge on any atom is 0.121 e. The van der Waals surface area contributed by atoms with Gasteiger partial charge in [-0.05, 0) is 41.6 Å². The molecule has 0 amide bonds. The molecule has 0 unspecified atom stereocenters. The van der Waals surface area contributed by atoms with Crippen LogP contribution in [0.25, 0.3) is 10.9 Å². The second-order valence-corrected chi connectivity index (χ2v) is 4.39. The van der Waals surface area contributed by atoms with E-state index in [-0.39, 0.29) is 0 Å². The number of ether oxygens (including phenoxy) is 1. The minimum Gasteiger partial charge on any atom is -0.497 e. The fourth-order valence-electron chi connectivity index (χ4n) is 1.50. The van der Waals surface area contributed by atoms with Gasteiger partial charge in [0.2, 0.25) is 0 Å². The van der Waals surface area contributed by atoms with Crippen molar-refractivity contribution in [3.63, 3.8) is 0 Å². The first-order chi connectivity index (χ1) is 7.13. The number of hydrogen-bond donors (Lipinski definition) is 1. The number of halogens is 1. The third-order valence-electron chi connectivity index (χ3n) is 2.34. The highest BCUT2D eigenvalue weighted by Crippen LogP contribution is 2.29. The summed E-state index contributed by atoms with van der Waals surface area (Å²) in [5.41, 5.74) is 8.65. The fraction of sp³-hybridized carbons (Fsp3) is 0.182. The first kappa shape index (κ1) is 10.5. The van der Waals surface area contributed by atoms with Crippen molar-refractivity contribution >= 4 is 39.2 Å². The van der Waals surface area contributed by atoms with Crippen molar-refractivity contribution in [3.8, 4) is 5.75 Å². The number of aromatic nitrogens is 1. The molecule has 0 saturated carbocycles. The van der Waals surface area contributed by atoms with E-state index in [1.54, 1.807) is 7.11 Å². The van der Waals surface area contributed by atoms with Crippen molar-refractivity contribution in [2.45, 2.75) is 6.92 Å². The van der Waals surface area contributed by atoms with Gasteiger partial charge in [0.25, 0.3) is 0 Å². The van der Waals surface area contributed by atoms with Gasteiger partial charge in [0.1, 0.15) is 5.75 Å². The summed E-state index contributed by atoms with van der Waals surface area (Å²) in [5.74, 6) is 0.801. The molecule has 0 bridgehead atoms. The largest absolute Gasteiger partial charge is 0.497 e. The van der Waals surface area contributed by atoms with Gasteiger partial charge in [-0.15, -0.1) is 0 Å². The Morgan fingerprint density at radius 3 is 2.80 bits per heavy atom. The van der Waals surface area contributed by atoms with Crippen LogP contribution >= 0.6 is 22.6 Å². The quantitative estimate of drug-likeness (QED) is 0.824. The first-order valence-corrected chi connectivity index (χ1v) is 5.60. The molecule has 2 rings (SSSR count). The van der Waals surface area contributed by atoms with E-state index in [4.69, 9.17) is 10.5 Å². The van der Waals surface area contributed by atoms with Crippen molar-refractivity contribution in [3.05, 3.63) is 27.5 Å². The number of hydrogen-bond acceptors (Lipinski definition) is 3. The van der Waals surface area contributed by atoms with Crippen molar-refractivity contribution in [2.24, 2.45) is 0 Å². The molecule has 0 aliphatic carbocycles. The van der Waals surface area contributed by atoms with Crippen molar-refractivity contribution < 1.29 is 4.74 Å². The summed E-state index contributed by atoms with van der Waals surface area (Å²) in [6.45, 7) is 1.96. The van der Waals surface area contributed by atoms with E-state index >= 15 is 0 Å². The van der Waals surface area contributed by atoms with Crippen molar-refractivity contribution in [1.82, 2.24) is 4.98 Å². The number of aryl methyl sites for hydroxylation is 1. The van der Waals surface area contributed by atoms with Crippen LogP contribution in [0.15, 0.2) is 18.2 Å². The van der Waals surface area contributed by atoms with Gasteiger partial charge in [0, 0.05) is 11.5 Å². The lowest BCUT2D eigenvalue weighted by Crippen LogP contribution is -1.97. The molecule has 0 radical (unpaired) electrons. The van der Waals surface area contributed by atoms with Crippen LogP contribution in [0, 0.1) is 10.5 Å². The molecule has 2 aromatic rings. The highest BCUT2D eigenvalue weighted by Gasteiger charge is 2.07. The second-order valence-electron chi connectivity index (χ2n) is 3.31. The molecule has 1 heterocycles. The monoisotopic (exact) mass is 314 g/mol. The molecule has 15 heavy (non-hydrogen) atoms. The van der Waals surface area contributed by atoms with Crippen LogP contribution in [0.5, 0.6) is 5.75 Å². The van der Waals surface area contributed by atoms with E-state index in [1.165, 1.54) is 0 Å². The maximum absolute atomic E-state index is 6.02. The minimum atomic E-state index is 0.792. The molecule has 0 atom stereocenters. The van der Waals surface area contributed by atoms with Crippen molar-refractivity contribution in [1.29, 1.82) is 0 Å². The van der Waals surface area contributed by atoms with Crippen molar-refractivity contribution in [2.75, 3.05) is 12.8 Å². The number of nitrogen functional groups attached to an aromatic ring is 1. The van der Waals surface area contributed by atoms with Gasteiger partial charge in [0.05, 0.1) is 27.6 Å². The summed E-state index contributed by atoms with van der Waals surface area (Å²) in [6.07, 6.45) is 0. The van der Waals surface area contributed by atoms with Crippen LogP contribution in [0.4, 0.5) is 5.69 Å². The average Bonchev–Trinajstić information content (AvgIpc) is 2.25. The summed E-state index contributed by atoms with van der Waals surface area (Å²) in [6, 6.07) is 5.73. The van der Waals surface area contributed by atoms with E-state index in [1.807, 2.05) is 25.1 Å². The summed E-state index contributed by atoms with van der Waals surface area (Å²) in [4.78, 5) is 4.48. The number of benzene rings is 1. The summed E-state index contributed by atoms with van der Waals surface area (Å²) in [5, 5.41) is 0.978. The molecule has 78 valence electrons. The lowest BCUT2D eigenvalue weighted by atomic mass is 10.1. The Morgan fingerprint density at radius 1 is 1.40 bits per heavy atom.